The van der Waals surface area contributed by atoms with Gasteiger partial charge in [-0.3, -0.25) is 9.59 Å². The molecule has 1 aliphatic rings. The van der Waals surface area contributed by atoms with Gasteiger partial charge in [-0.25, -0.2) is 13.4 Å². The molecule has 0 bridgehead atoms. The number of sulfone groups is 1. The summed E-state index contributed by atoms with van der Waals surface area (Å²) in [6.07, 6.45) is 0. The van der Waals surface area contributed by atoms with Gasteiger partial charge in [0.2, 0.25) is 5.91 Å². The number of amides is 2. The first-order valence-corrected chi connectivity index (χ1v) is 11.7. The number of rotatable bonds is 4. The van der Waals surface area contributed by atoms with Gasteiger partial charge in [0.05, 0.1) is 17.2 Å². The highest BCUT2D eigenvalue weighted by molar-refractivity contribution is 7.91. The number of hydrogen-bond acceptors (Lipinski definition) is 6. The van der Waals surface area contributed by atoms with E-state index in [1.165, 1.54) is 16.2 Å². The Morgan fingerprint density at radius 2 is 1.96 bits per heavy atom. The summed E-state index contributed by atoms with van der Waals surface area (Å²) < 4.78 is 23.0. The second-order valence-corrected chi connectivity index (χ2v) is 10.4. The predicted octanol–water partition coefficient (Wildman–Crippen LogP) is 2.15. The fraction of sp³-hybridized carbons (Fsp3) is 0.389. The lowest BCUT2D eigenvalue weighted by molar-refractivity contribution is -0.132. The number of thiazole rings is 1. The van der Waals surface area contributed by atoms with E-state index in [2.05, 4.69) is 10.3 Å². The number of hydrogen-bond donors (Lipinski definition) is 1. The maximum atomic E-state index is 12.6. The molecule has 1 aromatic carbocycles. The van der Waals surface area contributed by atoms with Crippen LogP contribution < -0.4 is 5.32 Å². The standard InChI is InChI=1S/C18H20ClN3O4S2/c1-11-15(27-17(21-11)13-4-3-5-14(19)10-13)16(23)20-12(2)18(24)22-6-8-28(25,26)9-7-22/h3-5,10,12H,6-9H2,1-2H3,(H,20,23). The van der Waals surface area contributed by atoms with E-state index in [4.69, 9.17) is 11.6 Å². The van der Waals surface area contributed by atoms with Crippen LogP contribution in [0.3, 0.4) is 0 Å². The molecule has 10 heteroatoms. The molecule has 150 valence electrons. The molecule has 0 aliphatic carbocycles. The number of halogens is 1. The largest absolute Gasteiger partial charge is 0.340 e. The molecule has 2 aromatic rings. The zero-order valence-corrected chi connectivity index (χ0v) is 17.8. The summed E-state index contributed by atoms with van der Waals surface area (Å²) >= 11 is 7.25. The van der Waals surface area contributed by atoms with Crippen LogP contribution in [0, 0.1) is 6.92 Å². The Hall–Kier alpha value is -1.97. The van der Waals surface area contributed by atoms with Gasteiger partial charge in [0.25, 0.3) is 5.91 Å². The summed E-state index contributed by atoms with van der Waals surface area (Å²) in [6, 6.07) is 6.45. The predicted molar refractivity (Wildman–Crippen MR) is 109 cm³/mol. The van der Waals surface area contributed by atoms with Crippen LogP contribution >= 0.6 is 22.9 Å². The van der Waals surface area contributed by atoms with Gasteiger partial charge in [0.15, 0.2) is 9.84 Å². The maximum Gasteiger partial charge on any atom is 0.263 e. The molecule has 1 saturated heterocycles. The van der Waals surface area contributed by atoms with Crippen molar-refractivity contribution in [3.05, 3.63) is 39.9 Å². The van der Waals surface area contributed by atoms with Crippen LogP contribution in [0.2, 0.25) is 5.02 Å². The summed E-state index contributed by atoms with van der Waals surface area (Å²) in [6.45, 7) is 3.64. The number of aryl methyl sites for hydroxylation is 1. The van der Waals surface area contributed by atoms with Crippen molar-refractivity contribution < 1.29 is 18.0 Å². The van der Waals surface area contributed by atoms with Crippen LogP contribution in [0.1, 0.15) is 22.3 Å². The fourth-order valence-electron chi connectivity index (χ4n) is 2.88. The van der Waals surface area contributed by atoms with Crippen LogP contribution in [0.4, 0.5) is 0 Å². The third-order valence-corrected chi connectivity index (χ3v) is 7.50. The fourth-order valence-corrected chi connectivity index (χ4v) is 5.24. The lowest BCUT2D eigenvalue weighted by Crippen LogP contribution is -2.51. The Morgan fingerprint density at radius 1 is 1.29 bits per heavy atom. The molecule has 0 saturated carbocycles. The van der Waals surface area contributed by atoms with Crippen molar-refractivity contribution in [1.29, 1.82) is 0 Å². The third-order valence-electron chi connectivity index (χ3n) is 4.45. The molecule has 7 nitrogen and oxygen atoms in total. The van der Waals surface area contributed by atoms with E-state index < -0.39 is 15.9 Å². The van der Waals surface area contributed by atoms with Gasteiger partial charge in [0, 0.05) is 23.7 Å². The van der Waals surface area contributed by atoms with Crippen LogP contribution in [0.15, 0.2) is 24.3 Å². The molecule has 1 N–H and O–H groups in total. The molecule has 1 aromatic heterocycles. The summed E-state index contributed by atoms with van der Waals surface area (Å²) in [4.78, 5) is 31.5. The molecule has 1 unspecified atom stereocenters. The van der Waals surface area contributed by atoms with Crippen LogP contribution in [-0.4, -0.2) is 60.8 Å². The van der Waals surface area contributed by atoms with Crippen molar-refractivity contribution in [2.75, 3.05) is 24.6 Å². The molecular formula is C18H20ClN3O4S2. The van der Waals surface area contributed by atoms with Gasteiger partial charge in [0.1, 0.15) is 15.9 Å². The molecule has 1 atom stereocenters. The molecule has 0 radical (unpaired) electrons. The average Bonchev–Trinajstić information content (AvgIpc) is 3.03. The smallest absolute Gasteiger partial charge is 0.263 e. The Labute approximate surface area is 172 Å². The average molecular weight is 442 g/mol. The Kier molecular flexibility index (Phi) is 6.07. The lowest BCUT2D eigenvalue weighted by Gasteiger charge is -2.29. The molecule has 28 heavy (non-hydrogen) atoms. The molecule has 1 fully saturated rings. The minimum absolute atomic E-state index is 0.0453. The number of carbonyl (C=O) groups is 2. The molecule has 2 heterocycles. The van der Waals surface area contributed by atoms with Gasteiger partial charge in [-0.1, -0.05) is 23.7 Å². The van der Waals surface area contributed by atoms with Gasteiger partial charge < -0.3 is 10.2 Å². The third kappa shape index (κ3) is 4.71. The van der Waals surface area contributed by atoms with Gasteiger partial charge in [-0.15, -0.1) is 11.3 Å². The van der Waals surface area contributed by atoms with Gasteiger partial charge in [-0.2, -0.15) is 0 Å². The summed E-state index contributed by atoms with van der Waals surface area (Å²) in [5.41, 5.74) is 1.39. The first-order valence-electron chi connectivity index (χ1n) is 8.70. The van der Waals surface area contributed by atoms with E-state index in [-0.39, 0.29) is 36.4 Å². The molecule has 1 aliphatic heterocycles. The zero-order chi connectivity index (χ0) is 20.5. The van der Waals surface area contributed by atoms with Crippen molar-refractivity contribution in [1.82, 2.24) is 15.2 Å². The van der Waals surface area contributed by atoms with Gasteiger partial charge >= 0.3 is 0 Å². The van der Waals surface area contributed by atoms with E-state index in [0.717, 1.165) is 5.56 Å². The highest BCUT2D eigenvalue weighted by atomic mass is 35.5. The van der Waals surface area contributed by atoms with Crippen molar-refractivity contribution in [3.63, 3.8) is 0 Å². The van der Waals surface area contributed by atoms with Crippen LogP contribution in [0.25, 0.3) is 10.6 Å². The monoisotopic (exact) mass is 441 g/mol. The molecule has 3 rings (SSSR count). The van der Waals surface area contributed by atoms with Crippen molar-refractivity contribution in [2.24, 2.45) is 0 Å². The van der Waals surface area contributed by atoms with Crippen molar-refractivity contribution in [2.45, 2.75) is 19.9 Å². The quantitative estimate of drug-likeness (QED) is 0.784. The summed E-state index contributed by atoms with van der Waals surface area (Å²) in [7, 11) is -3.07. The highest BCUT2D eigenvalue weighted by Crippen LogP contribution is 2.29. The first-order chi connectivity index (χ1) is 13.2. The number of benzene rings is 1. The van der Waals surface area contributed by atoms with Gasteiger partial charge in [-0.05, 0) is 26.0 Å². The number of nitrogens with one attached hydrogen (secondary N) is 1. The zero-order valence-electron chi connectivity index (χ0n) is 15.4. The van der Waals surface area contributed by atoms with E-state index in [9.17, 15) is 18.0 Å². The Balaban J connectivity index is 1.68. The number of aromatic nitrogens is 1. The Morgan fingerprint density at radius 3 is 2.61 bits per heavy atom. The van der Waals surface area contributed by atoms with Crippen LogP contribution in [-0.2, 0) is 14.6 Å². The van der Waals surface area contributed by atoms with Crippen LogP contribution in [0.5, 0.6) is 0 Å². The van der Waals surface area contributed by atoms with E-state index in [0.29, 0.717) is 20.6 Å². The van der Waals surface area contributed by atoms with E-state index in [1.54, 1.807) is 26.0 Å². The van der Waals surface area contributed by atoms with Crippen molar-refractivity contribution >= 4 is 44.6 Å². The first kappa shape index (κ1) is 20.8. The lowest BCUT2D eigenvalue weighted by atomic mass is 10.2. The Bertz CT molecular complexity index is 1010. The topological polar surface area (TPSA) is 96.4 Å². The second-order valence-electron chi connectivity index (χ2n) is 6.62. The molecule has 2 amide bonds. The summed E-state index contributed by atoms with van der Waals surface area (Å²) in [5.74, 6) is -0.763. The number of carbonyl (C=O) groups excluding carboxylic acids is 2. The molecule has 0 spiro atoms. The second kappa shape index (κ2) is 8.18. The number of nitrogens with zero attached hydrogens (tertiary/aromatic N) is 2. The minimum atomic E-state index is -3.07. The minimum Gasteiger partial charge on any atom is -0.340 e. The highest BCUT2D eigenvalue weighted by Gasteiger charge is 2.29. The maximum absolute atomic E-state index is 12.6. The SMILES string of the molecule is Cc1nc(-c2cccc(Cl)c2)sc1C(=O)NC(C)C(=O)N1CCS(=O)(=O)CC1. The van der Waals surface area contributed by atoms with E-state index >= 15 is 0 Å². The van der Waals surface area contributed by atoms with E-state index in [1.807, 2.05) is 12.1 Å². The molecular weight excluding hydrogens is 422 g/mol. The van der Waals surface area contributed by atoms with Crippen molar-refractivity contribution in [3.8, 4) is 10.6 Å². The normalized spacial score (nSPS) is 17.2. The summed E-state index contributed by atoms with van der Waals surface area (Å²) in [5, 5.41) is 3.95.